The minimum absolute atomic E-state index is 0.0905. The van der Waals surface area contributed by atoms with Crippen LogP contribution in [0.15, 0.2) is 48.8 Å². The molecule has 34 heavy (non-hydrogen) atoms. The number of nitrogens with two attached hydrogens (primary N) is 1. The normalized spacial score (nSPS) is 16.4. The van der Waals surface area contributed by atoms with Gasteiger partial charge in [-0.15, -0.1) is 0 Å². The van der Waals surface area contributed by atoms with Gasteiger partial charge in [-0.25, -0.2) is 19.3 Å². The maximum Gasteiger partial charge on any atom is 0.185 e. The first-order chi connectivity index (χ1) is 16.4. The summed E-state index contributed by atoms with van der Waals surface area (Å²) in [5.41, 5.74) is 10.7. The molecule has 3 aromatic heterocycles. The summed E-state index contributed by atoms with van der Waals surface area (Å²) in [6.45, 7) is 3.03. The van der Waals surface area contributed by atoms with Crippen molar-refractivity contribution in [2.75, 3.05) is 19.3 Å². The van der Waals surface area contributed by atoms with Crippen LogP contribution in [0.25, 0.3) is 28.2 Å². The Morgan fingerprint density at radius 1 is 1.12 bits per heavy atom. The van der Waals surface area contributed by atoms with Gasteiger partial charge >= 0.3 is 0 Å². The number of carbonyl (C=O) groups excluding carboxylic acids is 1. The Labute approximate surface area is 197 Å². The predicted octanol–water partition coefficient (Wildman–Crippen LogP) is 4.55. The molecule has 2 N–H and O–H groups in total. The third-order valence-electron chi connectivity index (χ3n) is 6.64. The highest BCUT2D eigenvalue weighted by Crippen LogP contribution is 2.32. The van der Waals surface area contributed by atoms with Crippen LogP contribution in [-0.2, 0) is 0 Å². The number of hydrogen-bond donors (Lipinski definition) is 1. The maximum atomic E-state index is 13.6. The van der Waals surface area contributed by atoms with E-state index < -0.39 is 0 Å². The van der Waals surface area contributed by atoms with Gasteiger partial charge in [-0.3, -0.25) is 4.79 Å². The lowest BCUT2D eigenvalue weighted by atomic mass is 10.0. The SMILES string of the molecule is Cc1cnc2ccc(-c3nc(C(=O)CC[C@@H]4CCCN4C)c(N)nc3-c3ccc(F)cc3)cn12. The predicted molar refractivity (Wildman–Crippen MR) is 130 cm³/mol. The Morgan fingerprint density at radius 2 is 1.85 bits per heavy atom. The van der Waals surface area contributed by atoms with Crippen LogP contribution in [0.4, 0.5) is 10.2 Å². The van der Waals surface area contributed by atoms with Crippen molar-refractivity contribution in [3.05, 3.63) is 66.0 Å². The number of imidazole rings is 1. The summed E-state index contributed by atoms with van der Waals surface area (Å²) in [7, 11) is 2.10. The van der Waals surface area contributed by atoms with Crippen molar-refractivity contribution in [3.8, 4) is 22.5 Å². The van der Waals surface area contributed by atoms with E-state index in [9.17, 15) is 9.18 Å². The van der Waals surface area contributed by atoms with Crippen molar-refractivity contribution in [2.45, 2.75) is 38.6 Å². The zero-order chi connectivity index (χ0) is 23.8. The number of carbonyl (C=O) groups is 1. The Kier molecular flexibility index (Phi) is 5.83. The van der Waals surface area contributed by atoms with Crippen molar-refractivity contribution >= 4 is 17.2 Å². The number of nitrogen functional groups attached to an aromatic ring is 1. The highest BCUT2D eigenvalue weighted by atomic mass is 19.1. The van der Waals surface area contributed by atoms with Crippen LogP contribution in [0.5, 0.6) is 0 Å². The van der Waals surface area contributed by atoms with Crippen molar-refractivity contribution < 1.29 is 9.18 Å². The first-order valence-electron chi connectivity index (χ1n) is 11.5. The van der Waals surface area contributed by atoms with Gasteiger partial charge < -0.3 is 15.0 Å². The summed E-state index contributed by atoms with van der Waals surface area (Å²) in [5, 5.41) is 0. The van der Waals surface area contributed by atoms with Crippen LogP contribution in [0.1, 0.15) is 41.9 Å². The van der Waals surface area contributed by atoms with Gasteiger partial charge in [0.15, 0.2) is 11.6 Å². The smallest absolute Gasteiger partial charge is 0.185 e. The number of ketones is 1. The summed E-state index contributed by atoms with van der Waals surface area (Å²) < 4.78 is 15.5. The first-order valence-corrected chi connectivity index (χ1v) is 11.5. The second-order valence-corrected chi connectivity index (χ2v) is 8.95. The highest BCUT2D eigenvalue weighted by Gasteiger charge is 2.24. The van der Waals surface area contributed by atoms with Crippen molar-refractivity contribution in [1.82, 2.24) is 24.3 Å². The quantitative estimate of drug-likeness (QED) is 0.427. The van der Waals surface area contributed by atoms with Gasteiger partial charge in [-0.1, -0.05) is 0 Å². The Bertz CT molecular complexity index is 1360. The van der Waals surface area contributed by atoms with E-state index in [0.717, 1.165) is 42.7 Å². The molecule has 1 fully saturated rings. The van der Waals surface area contributed by atoms with Crippen LogP contribution in [0.2, 0.25) is 0 Å². The zero-order valence-electron chi connectivity index (χ0n) is 19.3. The summed E-state index contributed by atoms with van der Waals surface area (Å²) in [4.78, 5) is 29.2. The number of fused-ring (bicyclic) bond motifs is 1. The summed E-state index contributed by atoms with van der Waals surface area (Å²) in [6, 6.07) is 10.2. The van der Waals surface area contributed by atoms with Gasteiger partial charge in [-0.05, 0) is 76.2 Å². The molecule has 8 heteroatoms. The van der Waals surface area contributed by atoms with Crippen molar-refractivity contribution in [2.24, 2.45) is 0 Å². The molecule has 4 aromatic rings. The molecule has 0 aliphatic carbocycles. The third-order valence-corrected chi connectivity index (χ3v) is 6.64. The van der Waals surface area contributed by atoms with E-state index in [0.29, 0.717) is 29.4 Å². The van der Waals surface area contributed by atoms with E-state index in [1.807, 2.05) is 29.7 Å². The number of hydrogen-bond acceptors (Lipinski definition) is 6. The van der Waals surface area contributed by atoms with Gasteiger partial charge in [0, 0.05) is 41.7 Å². The molecule has 0 saturated carbocycles. The molecule has 1 saturated heterocycles. The molecule has 1 aliphatic heterocycles. The average Bonchev–Trinajstić information content (AvgIpc) is 3.42. The van der Waals surface area contributed by atoms with Gasteiger partial charge in [0.05, 0.1) is 11.4 Å². The molecular weight excluding hydrogens is 431 g/mol. The van der Waals surface area contributed by atoms with Crippen LogP contribution in [0.3, 0.4) is 0 Å². The minimum atomic E-state index is -0.342. The molecule has 0 unspecified atom stereocenters. The largest absolute Gasteiger partial charge is 0.382 e. The fourth-order valence-electron chi connectivity index (χ4n) is 4.67. The van der Waals surface area contributed by atoms with E-state index in [1.54, 1.807) is 18.3 Å². The highest BCUT2D eigenvalue weighted by molar-refractivity contribution is 5.99. The Balaban J connectivity index is 1.58. The number of aromatic nitrogens is 4. The molecular formula is C26H27FN6O. The fourth-order valence-corrected chi connectivity index (χ4v) is 4.67. The van der Waals surface area contributed by atoms with Crippen LogP contribution >= 0.6 is 0 Å². The number of nitrogens with zero attached hydrogens (tertiary/aromatic N) is 5. The van der Waals surface area contributed by atoms with E-state index >= 15 is 0 Å². The monoisotopic (exact) mass is 458 g/mol. The number of aryl methyl sites for hydroxylation is 1. The molecule has 7 nitrogen and oxygen atoms in total. The number of rotatable bonds is 6. The zero-order valence-corrected chi connectivity index (χ0v) is 19.3. The topological polar surface area (TPSA) is 89.4 Å². The van der Waals surface area contributed by atoms with E-state index in [1.165, 1.54) is 12.1 Å². The van der Waals surface area contributed by atoms with E-state index in [4.69, 9.17) is 10.7 Å². The summed E-state index contributed by atoms with van der Waals surface area (Å²) in [5.74, 6) is -0.366. The fraction of sp³-hybridized carbons (Fsp3) is 0.308. The number of Topliss-reactive ketones (excluding diaryl/α,β-unsaturated/α-hetero) is 1. The molecule has 0 bridgehead atoms. The van der Waals surface area contributed by atoms with Gasteiger partial charge in [-0.2, -0.15) is 0 Å². The summed E-state index contributed by atoms with van der Waals surface area (Å²) >= 11 is 0. The second-order valence-electron chi connectivity index (χ2n) is 8.95. The maximum absolute atomic E-state index is 13.6. The third kappa shape index (κ3) is 4.17. The van der Waals surface area contributed by atoms with Gasteiger partial charge in [0.2, 0.25) is 0 Å². The molecule has 4 heterocycles. The minimum Gasteiger partial charge on any atom is -0.382 e. The molecule has 0 amide bonds. The van der Waals surface area contributed by atoms with Crippen molar-refractivity contribution in [1.29, 1.82) is 0 Å². The first kappa shape index (κ1) is 22.2. The van der Waals surface area contributed by atoms with Gasteiger partial charge in [0.1, 0.15) is 17.2 Å². The lowest BCUT2D eigenvalue weighted by molar-refractivity contribution is 0.0966. The molecule has 1 atom stereocenters. The van der Waals surface area contributed by atoms with Crippen LogP contribution in [-0.4, -0.2) is 49.7 Å². The lowest BCUT2D eigenvalue weighted by Gasteiger charge is -2.19. The second kappa shape index (κ2) is 8.95. The van der Waals surface area contributed by atoms with Crippen LogP contribution in [0, 0.1) is 12.7 Å². The standard InChI is InChI=1S/C26H27FN6O/c1-16-14-29-22-12-7-18(15-33(16)22)24-23(17-5-8-19(27)9-6-17)31-26(28)25(30-24)21(34)11-10-20-4-3-13-32(20)2/h5-9,12,14-15,20H,3-4,10-11,13H2,1-2H3,(H2,28,31)/t20-/m0/s1. The number of benzene rings is 1. The summed E-state index contributed by atoms with van der Waals surface area (Å²) in [6.07, 6.45) is 7.11. The Morgan fingerprint density at radius 3 is 2.59 bits per heavy atom. The molecule has 1 aromatic carbocycles. The van der Waals surface area contributed by atoms with E-state index in [-0.39, 0.29) is 23.1 Å². The number of pyridine rings is 1. The van der Waals surface area contributed by atoms with Crippen LogP contribution < -0.4 is 5.73 Å². The number of halogens is 1. The lowest BCUT2D eigenvalue weighted by Crippen LogP contribution is -2.25. The molecule has 5 rings (SSSR count). The molecule has 0 spiro atoms. The molecule has 1 aliphatic rings. The number of likely N-dealkylation sites (tertiary alicyclic amines) is 1. The van der Waals surface area contributed by atoms with Gasteiger partial charge in [0.25, 0.3) is 0 Å². The number of anilines is 1. The van der Waals surface area contributed by atoms with Crippen molar-refractivity contribution in [3.63, 3.8) is 0 Å². The molecule has 0 radical (unpaired) electrons. The average molecular weight is 459 g/mol. The molecule has 174 valence electrons. The van der Waals surface area contributed by atoms with E-state index in [2.05, 4.69) is 21.9 Å². The Hall–Kier alpha value is -3.65.